The van der Waals surface area contributed by atoms with Crippen LogP contribution in [0, 0.1) is 5.41 Å². The van der Waals surface area contributed by atoms with Crippen molar-refractivity contribution in [3.63, 3.8) is 0 Å². The molecule has 2 N–H and O–H groups in total. The zero-order valence-corrected chi connectivity index (χ0v) is 8.03. The normalized spacial score (nSPS) is 11.0. The van der Waals surface area contributed by atoms with Gasteiger partial charge in [-0.05, 0) is 12.1 Å². The third-order valence-electron chi connectivity index (χ3n) is 1.57. The van der Waals surface area contributed by atoms with E-state index in [0.717, 1.165) is 0 Å². The van der Waals surface area contributed by atoms with E-state index in [1.165, 1.54) is 12.1 Å². The number of ether oxygens (including phenoxy) is 1. The molecule has 0 radical (unpaired) electrons. The highest BCUT2D eigenvalue weighted by Crippen LogP contribution is 2.16. The molecule has 0 aliphatic heterocycles. The van der Waals surface area contributed by atoms with Crippen molar-refractivity contribution in [1.82, 2.24) is 0 Å². The summed E-state index contributed by atoms with van der Waals surface area (Å²) in [7, 11) is 0. The van der Waals surface area contributed by atoms with E-state index in [4.69, 9.17) is 5.41 Å². The van der Waals surface area contributed by atoms with Crippen LogP contribution in [-0.4, -0.2) is 24.0 Å². The molecular formula is C9H9F3N2O2. The molecule has 1 aromatic rings. The van der Waals surface area contributed by atoms with Crippen molar-refractivity contribution >= 4 is 11.7 Å². The number of alkyl halides is 3. The minimum absolute atomic E-state index is 0.148. The van der Waals surface area contributed by atoms with E-state index >= 15 is 0 Å². The second-order valence-electron chi connectivity index (χ2n) is 2.86. The first-order valence-electron chi connectivity index (χ1n) is 4.22. The molecule has 0 heterocycles. The Kier molecular flexibility index (Phi) is 3.73. The van der Waals surface area contributed by atoms with Gasteiger partial charge in [0.25, 0.3) is 0 Å². The summed E-state index contributed by atoms with van der Waals surface area (Å²) in [6, 6.07) is 6.66. The Morgan fingerprint density at radius 3 is 2.38 bits per heavy atom. The van der Waals surface area contributed by atoms with Crippen LogP contribution >= 0.6 is 0 Å². The fourth-order valence-electron chi connectivity index (χ4n) is 0.898. The van der Waals surface area contributed by atoms with Crippen LogP contribution in [-0.2, 0) is 4.74 Å². The van der Waals surface area contributed by atoms with Gasteiger partial charge in [-0.1, -0.05) is 18.2 Å². The summed E-state index contributed by atoms with van der Waals surface area (Å²) < 4.78 is 39.3. The van der Waals surface area contributed by atoms with Crippen LogP contribution in [0.4, 0.5) is 18.9 Å². The summed E-state index contributed by atoms with van der Waals surface area (Å²) in [5, 5.41) is 16.6. The number of hydrogen-bond acceptors (Lipinski definition) is 3. The average Bonchev–Trinajstić information content (AvgIpc) is 2.25. The molecule has 0 amide bonds. The summed E-state index contributed by atoms with van der Waals surface area (Å²) in [4.78, 5) is 0. The Morgan fingerprint density at radius 1 is 1.31 bits per heavy atom. The van der Waals surface area contributed by atoms with Gasteiger partial charge in [-0.2, -0.15) is 18.2 Å². The second kappa shape index (κ2) is 4.84. The number of hydrogen-bond donors (Lipinski definition) is 2. The lowest BCUT2D eigenvalue weighted by atomic mass is 10.3. The molecular weight excluding hydrogens is 225 g/mol. The quantitative estimate of drug-likeness (QED) is 0.469. The predicted molar refractivity (Wildman–Crippen MR) is 50.4 cm³/mol. The Bertz CT molecular complexity index is 354. The molecule has 0 spiro atoms. The number of anilines is 1. The summed E-state index contributed by atoms with van der Waals surface area (Å²) in [5.41, 5.74) is 0.148. The number of nitrogens with zero attached hydrogens (tertiary/aromatic N) is 1. The standard InChI is InChI=1S/C9H9F3N2O2/c10-9(11,12)6-16-8(13)14(15)7-4-2-1-3-5-7/h1-5,13,15H,6H2. The fraction of sp³-hybridized carbons (Fsp3) is 0.222. The van der Waals surface area contributed by atoms with Gasteiger partial charge in [-0.15, -0.1) is 0 Å². The molecule has 7 heteroatoms. The van der Waals surface area contributed by atoms with Crippen molar-refractivity contribution in [2.24, 2.45) is 0 Å². The van der Waals surface area contributed by atoms with Crippen LogP contribution in [0.3, 0.4) is 0 Å². The van der Waals surface area contributed by atoms with E-state index in [2.05, 4.69) is 4.74 Å². The lowest BCUT2D eigenvalue weighted by Crippen LogP contribution is -2.32. The second-order valence-corrected chi connectivity index (χ2v) is 2.86. The molecule has 88 valence electrons. The first-order valence-corrected chi connectivity index (χ1v) is 4.22. The van der Waals surface area contributed by atoms with Crippen molar-refractivity contribution in [1.29, 1.82) is 5.41 Å². The van der Waals surface area contributed by atoms with Gasteiger partial charge in [0.1, 0.15) is 0 Å². The molecule has 0 fully saturated rings. The molecule has 16 heavy (non-hydrogen) atoms. The first-order chi connectivity index (χ1) is 7.40. The van der Waals surface area contributed by atoms with Crippen LogP contribution in [0.25, 0.3) is 0 Å². The van der Waals surface area contributed by atoms with E-state index < -0.39 is 18.8 Å². The average molecular weight is 234 g/mol. The number of hydroxylamine groups is 1. The lowest BCUT2D eigenvalue weighted by molar-refractivity contribution is -0.157. The highest BCUT2D eigenvalue weighted by atomic mass is 19.4. The highest BCUT2D eigenvalue weighted by molar-refractivity contribution is 5.86. The third kappa shape index (κ3) is 3.77. The number of benzene rings is 1. The highest BCUT2D eigenvalue weighted by Gasteiger charge is 2.29. The maximum atomic E-state index is 11.8. The molecule has 0 aliphatic carbocycles. The minimum Gasteiger partial charge on any atom is -0.454 e. The van der Waals surface area contributed by atoms with Gasteiger partial charge in [-0.3, -0.25) is 5.21 Å². The zero-order chi connectivity index (χ0) is 12.2. The monoisotopic (exact) mass is 234 g/mol. The van der Waals surface area contributed by atoms with Crippen LogP contribution < -0.4 is 5.06 Å². The Morgan fingerprint density at radius 2 is 1.88 bits per heavy atom. The number of halogens is 3. The third-order valence-corrected chi connectivity index (χ3v) is 1.57. The van der Waals surface area contributed by atoms with E-state index in [-0.39, 0.29) is 10.8 Å². The van der Waals surface area contributed by atoms with Crippen molar-refractivity contribution in [3.8, 4) is 0 Å². The number of amidine groups is 1. The molecule has 0 aliphatic rings. The van der Waals surface area contributed by atoms with Crippen LogP contribution in [0.2, 0.25) is 0 Å². The Labute approximate surface area is 89.3 Å². The Balaban J connectivity index is 2.55. The summed E-state index contributed by atoms with van der Waals surface area (Å²) in [5.74, 6) is 0. The first kappa shape index (κ1) is 12.3. The number of rotatable bonds is 2. The van der Waals surface area contributed by atoms with Gasteiger partial charge in [0.2, 0.25) is 0 Å². The molecule has 0 saturated carbocycles. The lowest BCUT2D eigenvalue weighted by Gasteiger charge is -2.18. The van der Waals surface area contributed by atoms with Crippen LogP contribution in [0.1, 0.15) is 0 Å². The predicted octanol–water partition coefficient (Wildman–Crippen LogP) is 2.40. The molecule has 1 aromatic carbocycles. The maximum absolute atomic E-state index is 11.8. The maximum Gasteiger partial charge on any atom is 0.422 e. The number of nitrogens with one attached hydrogen (secondary N) is 1. The van der Waals surface area contributed by atoms with Crippen molar-refractivity contribution in [2.45, 2.75) is 6.18 Å². The van der Waals surface area contributed by atoms with Gasteiger partial charge in [0.05, 0.1) is 5.69 Å². The van der Waals surface area contributed by atoms with E-state index in [9.17, 15) is 18.4 Å². The minimum atomic E-state index is -4.54. The van der Waals surface area contributed by atoms with E-state index in [0.29, 0.717) is 0 Å². The molecule has 0 aromatic heterocycles. The SMILES string of the molecule is N=C(OCC(F)(F)F)N(O)c1ccccc1. The zero-order valence-electron chi connectivity index (χ0n) is 8.03. The molecule has 1 rings (SSSR count). The van der Waals surface area contributed by atoms with Crippen molar-refractivity contribution < 1.29 is 23.1 Å². The molecule has 0 saturated heterocycles. The number of para-hydroxylation sites is 1. The van der Waals surface area contributed by atoms with Crippen molar-refractivity contribution in [2.75, 3.05) is 11.7 Å². The van der Waals surface area contributed by atoms with Crippen LogP contribution in [0.15, 0.2) is 30.3 Å². The van der Waals surface area contributed by atoms with Gasteiger partial charge in [0, 0.05) is 0 Å². The van der Waals surface area contributed by atoms with Gasteiger partial charge >= 0.3 is 12.2 Å². The molecule has 0 bridgehead atoms. The van der Waals surface area contributed by atoms with Crippen molar-refractivity contribution in [3.05, 3.63) is 30.3 Å². The summed E-state index contributed by atoms with van der Waals surface area (Å²) in [6.07, 6.45) is -4.54. The van der Waals surface area contributed by atoms with Gasteiger partial charge in [0.15, 0.2) is 6.61 Å². The van der Waals surface area contributed by atoms with Gasteiger partial charge < -0.3 is 4.74 Å². The molecule has 0 atom stereocenters. The van der Waals surface area contributed by atoms with Crippen LogP contribution in [0.5, 0.6) is 0 Å². The molecule has 4 nitrogen and oxygen atoms in total. The summed E-state index contributed by atoms with van der Waals surface area (Å²) >= 11 is 0. The largest absolute Gasteiger partial charge is 0.454 e. The van der Waals surface area contributed by atoms with E-state index in [1.807, 2.05) is 0 Å². The van der Waals surface area contributed by atoms with Gasteiger partial charge in [-0.25, -0.2) is 5.41 Å². The fourth-order valence-corrected chi connectivity index (χ4v) is 0.898. The summed E-state index contributed by atoms with van der Waals surface area (Å²) in [6.45, 7) is -1.62. The molecule has 0 unspecified atom stereocenters. The Hall–Kier alpha value is -1.76. The topological polar surface area (TPSA) is 56.5 Å². The smallest absolute Gasteiger partial charge is 0.422 e. The van der Waals surface area contributed by atoms with E-state index in [1.54, 1.807) is 18.2 Å².